The van der Waals surface area contributed by atoms with E-state index in [2.05, 4.69) is 438 Å². The van der Waals surface area contributed by atoms with E-state index in [0.29, 0.717) is 0 Å². The topological polar surface area (TPSA) is 167 Å². The van der Waals surface area contributed by atoms with E-state index in [1.54, 1.807) is 0 Å². The minimum absolute atomic E-state index is 0.0337. The summed E-state index contributed by atoms with van der Waals surface area (Å²) >= 11 is 2.12. The second-order valence-electron chi connectivity index (χ2n) is 46.2. The van der Waals surface area contributed by atoms with E-state index in [9.17, 15) is 0 Å². The molecule has 124 heavy (non-hydrogen) atoms. The first-order chi connectivity index (χ1) is 55.1. The van der Waals surface area contributed by atoms with Gasteiger partial charge in [-0.25, -0.2) is 44.9 Å². The molecule has 4 fully saturated rings. The van der Waals surface area contributed by atoms with Gasteiger partial charge in [0.15, 0.2) is 16.9 Å². The van der Waals surface area contributed by atoms with Crippen LogP contribution in [0.15, 0.2) is 0 Å². The van der Waals surface area contributed by atoms with Crippen molar-refractivity contribution in [2.75, 3.05) is 35.2 Å². The van der Waals surface area contributed by atoms with Crippen LogP contribution in [0.5, 0.6) is 0 Å². The summed E-state index contributed by atoms with van der Waals surface area (Å²) in [6.45, 7) is 123. The van der Waals surface area contributed by atoms with Crippen LogP contribution in [-0.4, -0.2) is 191 Å². The maximum atomic E-state index is 6.32. The van der Waals surface area contributed by atoms with E-state index in [1.165, 1.54) is 61.2 Å². The van der Waals surface area contributed by atoms with Crippen LogP contribution < -0.4 is 0 Å². The predicted molar refractivity (Wildman–Crippen MR) is 537 cm³/mol. The highest BCUT2D eigenvalue weighted by atomic mass is 32.2. The summed E-state index contributed by atoms with van der Waals surface area (Å²) in [6, 6.07) is 0. The summed E-state index contributed by atoms with van der Waals surface area (Å²) in [6.07, 6.45) is 0. The number of fused-ring (bicyclic) bond motifs is 4. The number of hydrogen-bond donors (Lipinski definition) is 0. The number of ether oxygens (including phenoxy) is 1. The third-order valence-electron chi connectivity index (χ3n) is 37.3. The van der Waals surface area contributed by atoms with Crippen molar-refractivity contribution < 1.29 is 4.74 Å². The normalized spacial score (nSPS) is 22.1. The van der Waals surface area contributed by atoms with E-state index >= 15 is 0 Å². The molecule has 0 radical (unpaired) electrons. The van der Waals surface area contributed by atoms with Crippen molar-refractivity contribution in [3.63, 3.8) is 0 Å². The Bertz CT molecular complexity index is 5010. The lowest BCUT2D eigenvalue weighted by molar-refractivity contribution is -0.285. The molecule has 0 N–H and O–H groups in total. The van der Waals surface area contributed by atoms with Crippen LogP contribution in [0, 0.1) is 162 Å². The minimum Gasteiger partial charge on any atom is -0.366 e. The average molecular weight is 1730 g/mol. The molecular weight excluding hydrogens is 1550 g/mol. The van der Waals surface area contributed by atoms with Crippen molar-refractivity contribution in [2.45, 2.75) is 457 Å². The van der Waals surface area contributed by atoms with Gasteiger partial charge < -0.3 is 4.74 Å². The molecular formula is C106H180N16OS. The molecule has 4 aliphatic heterocycles. The number of thioether (sulfide) groups is 1. The van der Waals surface area contributed by atoms with Gasteiger partial charge in [-0.2, -0.15) is 5.10 Å². The Kier molecular flexibility index (Phi) is 31.1. The highest BCUT2D eigenvalue weighted by Gasteiger charge is 2.68. The SMILES string of the molecule is CN1C(C)(C)C(C)(C)C(C)(C)C(C)(C)C1(C)C.CN1C(C)(C)C(C)(C)N(C)C(C)(C)C1(C)C.CN1C(C)(C)C(C)(C)OC(C)(C)C1(C)C.CN1C(C)(C)C(C)(C)SC(C)(C)C1(C)C.Cc1nc(C)c2c(C)c(C)c(C)nc2n1.Cc1nc2c(C)c(C)c(C)c(C)c2nc1C.Cc1nc2nc(C)c(C)c(C)c2nc1C.Cc1nc2nnc(C)c(C)c2c(C)c1C. The number of hydrogen-bond acceptors (Lipinski definition) is 18. The highest BCUT2D eigenvalue weighted by Crippen LogP contribution is 2.67. The molecule has 7 aromatic heterocycles. The van der Waals surface area contributed by atoms with E-state index in [0.717, 1.165) is 101 Å². The number of piperidine rings is 1. The van der Waals surface area contributed by atoms with E-state index < -0.39 is 0 Å². The zero-order chi connectivity index (χ0) is 97.3. The number of benzene rings is 1. The van der Waals surface area contributed by atoms with E-state index in [1.807, 2.05) is 69.2 Å². The van der Waals surface area contributed by atoms with Gasteiger partial charge in [-0.15, -0.1) is 16.9 Å². The Hall–Kier alpha value is -5.86. The second kappa shape index (κ2) is 35.4. The lowest BCUT2D eigenvalue weighted by Gasteiger charge is -2.73. The molecule has 0 aliphatic carbocycles. The van der Waals surface area contributed by atoms with E-state index in [-0.39, 0.29) is 92.3 Å². The van der Waals surface area contributed by atoms with Crippen LogP contribution in [0.3, 0.4) is 0 Å². The van der Waals surface area contributed by atoms with Gasteiger partial charge in [-0.3, -0.25) is 24.5 Å². The fourth-order valence-electron chi connectivity index (χ4n) is 19.1. The first kappa shape index (κ1) is 109. The Labute approximate surface area is 762 Å². The molecule has 0 unspecified atom stereocenters. The van der Waals surface area contributed by atoms with Crippen LogP contribution >= 0.6 is 11.8 Å². The molecule has 17 nitrogen and oxygen atoms in total. The fourth-order valence-corrected chi connectivity index (χ4v) is 21.1. The van der Waals surface area contributed by atoms with Gasteiger partial charge in [0.2, 0.25) is 0 Å². The van der Waals surface area contributed by atoms with Crippen LogP contribution in [-0.2, 0) is 4.74 Å². The van der Waals surface area contributed by atoms with Gasteiger partial charge >= 0.3 is 0 Å². The van der Waals surface area contributed by atoms with Gasteiger partial charge in [-0.05, 0) is 452 Å². The maximum absolute atomic E-state index is 6.32. The molecule has 0 amide bonds. The zero-order valence-corrected chi connectivity index (χ0v) is 91.8. The summed E-state index contributed by atoms with van der Waals surface area (Å²) < 4.78 is 6.88. The molecule has 1 aromatic carbocycles. The molecule has 4 aliphatic rings. The van der Waals surface area contributed by atoms with Crippen LogP contribution in [0.1, 0.15) is 354 Å². The number of rotatable bonds is 0. The van der Waals surface area contributed by atoms with Crippen molar-refractivity contribution in [1.29, 1.82) is 0 Å². The van der Waals surface area contributed by atoms with Crippen molar-refractivity contribution in [1.82, 2.24) is 79.6 Å². The van der Waals surface area contributed by atoms with Crippen LogP contribution in [0.4, 0.5) is 0 Å². The van der Waals surface area contributed by atoms with Crippen molar-refractivity contribution >= 4 is 56.0 Å². The van der Waals surface area contributed by atoms with Gasteiger partial charge in [-0.1, -0.05) is 41.5 Å². The lowest BCUT2D eigenvalue weighted by Crippen LogP contribution is -2.82. The fraction of sp³-hybridized carbons (Fsp3) is 0.726. The Morgan fingerprint density at radius 3 is 0.839 bits per heavy atom. The number of aromatic nitrogens is 11. The minimum atomic E-state index is -0.138. The maximum Gasteiger partial charge on any atom is 0.182 e. The summed E-state index contributed by atoms with van der Waals surface area (Å²) in [5, 5.41) is 10.5. The molecule has 696 valence electrons. The quantitative estimate of drug-likeness (QED) is 0.140. The first-order valence-corrected chi connectivity index (χ1v) is 46.5. The molecule has 12 rings (SSSR count). The smallest absolute Gasteiger partial charge is 0.182 e. The number of likely N-dealkylation sites (tertiary alicyclic amines) is 1. The van der Waals surface area contributed by atoms with Crippen molar-refractivity contribution in [3.05, 3.63) is 118 Å². The molecule has 0 atom stereocenters. The van der Waals surface area contributed by atoms with Gasteiger partial charge in [0, 0.05) is 92.7 Å². The standard InChI is InChI=1S/C16H33N.C14H18N2.C14H30N2.C13H27NO.C13H27NS.3C12H15N3/c1-12(2)13(3,4)15(7,8)17(11)16(9,10)14(12,5)6;1-7-8(2)10(4)14-13(9(7)3)15-11(5)12(6)16-14;1-11(2)12(3,4)16(10)14(7,8)13(5,6)15(11)9;2*1-10(2)12(5,6)15-13(7,8)11(3,4)14(10)9;1-6-7(2)11-8(3)10(5)14-15-12(11)13-9(6)4;1-6-7(2)11-9(4)13-10(5)15-12(11)14-8(6)3;1-6-7(2)11-12(14-8(6)3)15-10(5)9(4)13-11/h1-11H3;1-6H3;1-10H3;2*1-9H3;3*1-5H3. The summed E-state index contributed by atoms with van der Waals surface area (Å²) in [4.78, 5) is 53.2. The van der Waals surface area contributed by atoms with Crippen molar-refractivity contribution in [3.8, 4) is 0 Å². The molecule has 0 saturated carbocycles. The molecule has 18 heteroatoms. The Morgan fingerprint density at radius 1 is 0.202 bits per heavy atom. The van der Waals surface area contributed by atoms with Crippen LogP contribution in [0.2, 0.25) is 0 Å². The van der Waals surface area contributed by atoms with Crippen LogP contribution in [0.25, 0.3) is 44.3 Å². The summed E-state index contributed by atoms with van der Waals surface area (Å²) in [7, 11) is 11.3. The Balaban J connectivity index is 0.000000252. The lowest BCUT2D eigenvalue weighted by atomic mass is 9.41. The van der Waals surface area contributed by atoms with Gasteiger partial charge in [0.1, 0.15) is 11.3 Å². The second-order valence-corrected chi connectivity index (χ2v) is 48.4. The van der Waals surface area contributed by atoms with Gasteiger partial charge in [0.25, 0.3) is 0 Å². The monoisotopic (exact) mass is 1730 g/mol. The molecule has 4 saturated heterocycles. The Morgan fingerprint density at radius 2 is 0.476 bits per heavy atom. The van der Waals surface area contributed by atoms with Crippen molar-refractivity contribution in [2.24, 2.45) is 16.2 Å². The number of morpholine rings is 1. The molecule has 11 heterocycles. The third kappa shape index (κ3) is 18.4. The number of aryl methyl sites for hydroxylation is 16. The largest absolute Gasteiger partial charge is 0.366 e. The number of likely N-dealkylation sites (N-methyl/N-ethyl adjacent to an activating group) is 3. The number of pyridine rings is 3. The number of piperazine rings is 1. The molecule has 8 aromatic rings. The van der Waals surface area contributed by atoms with Gasteiger partial charge in [0.05, 0.1) is 56.4 Å². The summed E-state index contributed by atoms with van der Waals surface area (Å²) in [5.41, 5.74) is 30.3. The first-order valence-electron chi connectivity index (χ1n) is 45.7. The van der Waals surface area contributed by atoms with E-state index in [4.69, 9.17) is 4.74 Å². The molecule has 0 spiro atoms. The third-order valence-corrected chi connectivity index (χ3v) is 39.4. The number of nitrogens with zero attached hydrogens (tertiary/aromatic N) is 16. The average Bonchev–Trinajstić information content (AvgIpc) is 0.686. The predicted octanol–water partition coefficient (Wildman–Crippen LogP) is 25.6. The summed E-state index contributed by atoms with van der Waals surface area (Å²) in [5.74, 6) is 0.787. The molecule has 0 bridgehead atoms. The zero-order valence-electron chi connectivity index (χ0n) is 91.0. The highest BCUT2D eigenvalue weighted by molar-refractivity contribution is 8.02.